The molecular weight excluding hydrogens is 240 g/mol. The Morgan fingerprint density at radius 1 is 1.26 bits per heavy atom. The number of hydrogen-bond acceptors (Lipinski definition) is 4. The van der Waals surface area contributed by atoms with E-state index in [9.17, 15) is 0 Å². The molecule has 3 aromatic rings. The maximum Gasteiger partial charge on any atom is 0.138 e. The van der Waals surface area contributed by atoms with Gasteiger partial charge in [-0.05, 0) is 12.1 Å². The second kappa shape index (κ2) is 4.81. The lowest BCUT2D eigenvalue weighted by Gasteiger charge is -2.12. The van der Waals surface area contributed by atoms with Crippen molar-refractivity contribution in [2.24, 2.45) is 12.8 Å². The summed E-state index contributed by atoms with van der Waals surface area (Å²) in [5.41, 5.74) is 8.29. The van der Waals surface area contributed by atoms with Crippen molar-refractivity contribution in [1.29, 1.82) is 0 Å². The number of fused-ring (bicyclic) bond motifs is 1. The second-order valence-electron chi connectivity index (χ2n) is 4.65. The van der Waals surface area contributed by atoms with Crippen molar-refractivity contribution < 1.29 is 0 Å². The van der Waals surface area contributed by atoms with Gasteiger partial charge in [0.2, 0.25) is 0 Å². The van der Waals surface area contributed by atoms with Crippen molar-refractivity contribution in [1.82, 2.24) is 24.3 Å². The van der Waals surface area contributed by atoms with Crippen LogP contribution in [0.1, 0.15) is 5.82 Å². The Morgan fingerprint density at radius 3 is 2.89 bits per heavy atom. The largest absolute Gasteiger partial charge is 0.329 e. The summed E-state index contributed by atoms with van der Waals surface area (Å²) in [4.78, 5) is 8.55. The second-order valence-corrected chi connectivity index (χ2v) is 4.65. The minimum atomic E-state index is -0.0134. The lowest BCUT2D eigenvalue weighted by Crippen LogP contribution is -2.29. The summed E-state index contributed by atoms with van der Waals surface area (Å²) in [5.74, 6) is 0.900. The summed E-state index contributed by atoms with van der Waals surface area (Å²) in [7, 11) is 1.88. The summed E-state index contributed by atoms with van der Waals surface area (Å²) < 4.78 is 3.84. The van der Waals surface area contributed by atoms with Crippen molar-refractivity contribution in [3.63, 3.8) is 0 Å². The lowest BCUT2D eigenvalue weighted by atomic mass is 10.2. The highest BCUT2D eigenvalue weighted by Crippen LogP contribution is 2.12. The minimum Gasteiger partial charge on any atom is -0.329 e. The molecule has 0 saturated carbocycles. The van der Waals surface area contributed by atoms with Crippen LogP contribution in [-0.2, 0) is 20.0 Å². The predicted octanol–water partition coefficient (Wildman–Crippen LogP) is 0.735. The van der Waals surface area contributed by atoms with Crippen LogP contribution in [0.4, 0.5) is 0 Å². The first-order chi connectivity index (χ1) is 9.24. The van der Waals surface area contributed by atoms with Gasteiger partial charge in [0, 0.05) is 26.1 Å². The van der Waals surface area contributed by atoms with Crippen LogP contribution in [0, 0.1) is 0 Å². The molecule has 0 bridgehead atoms. The number of aryl methyl sites for hydroxylation is 1. The smallest absolute Gasteiger partial charge is 0.138 e. The van der Waals surface area contributed by atoms with Crippen molar-refractivity contribution >= 4 is 11.0 Å². The zero-order valence-corrected chi connectivity index (χ0v) is 10.8. The average Bonchev–Trinajstić information content (AvgIpc) is 2.98. The van der Waals surface area contributed by atoms with Gasteiger partial charge >= 0.3 is 0 Å². The molecule has 19 heavy (non-hydrogen) atoms. The number of nitrogens with zero attached hydrogens (tertiary/aromatic N) is 5. The van der Waals surface area contributed by atoms with Crippen LogP contribution in [0.5, 0.6) is 0 Å². The van der Waals surface area contributed by atoms with Gasteiger partial charge in [-0.2, -0.15) is 5.10 Å². The third kappa shape index (κ3) is 2.34. The van der Waals surface area contributed by atoms with E-state index in [2.05, 4.69) is 25.7 Å². The Balaban J connectivity index is 1.76. The highest BCUT2D eigenvalue weighted by Gasteiger charge is 2.10. The molecule has 98 valence electrons. The normalized spacial score (nSPS) is 12.9. The van der Waals surface area contributed by atoms with Crippen LogP contribution >= 0.6 is 0 Å². The van der Waals surface area contributed by atoms with Crippen LogP contribution in [0.15, 0.2) is 36.9 Å². The number of aromatic nitrogens is 5. The highest BCUT2D eigenvalue weighted by molar-refractivity contribution is 5.74. The van der Waals surface area contributed by atoms with E-state index in [0.717, 1.165) is 16.9 Å². The predicted molar refractivity (Wildman–Crippen MR) is 72.4 cm³/mol. The molecule has 0 aliphatic heterocycles. The third-order valence-corrected chi connectivity index (χ3v) is 3.21. The molecule has 1 aromatic carbocycles. The first-order valence-corrected chi connectivity index (χ1v) is 6.22. The molecule has 0 aliphatic carbocycles. The lowest BCUT2D eigenvalue weighted by molar-refractivity contribution is 0.532. The molecule has 0 aliphatic rings. The van der Waals surface area contributed by atoms with Gasteiger partial charge in [-0.25, -0.2) is 9.97 Å². The summed E-state index contributed by atoms with van der Waals surface area (Å²) in [5, 5.41) is 4.05. The fourth-order valence-corrected chi connectivity index (χ4v) is 2.21. The van der Waals surface area contributed by atoms with E-state index in [1.807, 2.05) is 31.6 Å². The minimum absolute atomic E-state index is 0.0134. The maximum absolute atomic E-state index is 6.19. The molecule has 0 fully saturated rings. The van der Waals surface area contributed by atoms with Crippen LogP contribution < -0.4 is 5.73 Å². The molecule has 1 atom stereocenters. The van der Waals surface area contributed by atoms with E-state index in [4.69, 9.17) is 5.73 Å². The van der Waals surface area contributed by atoms with E-state index in [1.54, 1.807) is 11.0 Å². The molecule has 2 aromatic heterocycles. The molecule has 2 N–H and O–H groups in total. The molecule has 6 nitrogen and oxygen atoms in total. The van der Waals surface area contributed by atoms with E-state index < -0.39 is 0 Å². The summed E-state index contributed by atoms with van der Waals surface area (Å²) in [6.45, 7) is 0.716. The number of benzene rings is 1. The topological polar surface area (TPSA) is 74.6 Å². The van der Waals surface area contributed by atoms with E-state index in [-0.39, 0.29) is 6.04 Å². The molecule has 1 unspecified atom stereocenters. The fourth-order valence-electron chi connectivity index (χ4n) is 2.21. The van der Waals surface area contributed by atoms with Crippen LogP contribution in [0.25, 0.3) is 11.0 Å². The summed E-state index contributed by atoms with van der Waals surface area (Å²) >= 11 is 0. The first-order valence-electron chi connectivity index (χ1n) is 6.22. The van der Waals surface area contributed by atoms with Crippen LogP contribution in [0.2, 0.25) is 0 Å². The molecule has 0 spiro atoms. The molecular formula is C13H16N6. The molecule has 6 heteroatoms. The summed E-state index contributed by atoms with van der Waals surface area (Å²) in [6, 6.07) is 8.03. The highest BCUT2D eigenvalue weighted by atomic mass is 15.3. The fraction of sp³-hybridized carbons (Fsp3) is 0.308. The Labute approximate surface area is 110 Å². The molecule has 0 amide bonds. The third-order valence-electron chi connectivity index (χ3n) is 3.21. The first kappa shape index (κ1) is 11.9. The zero-order valence-electron chi connectivity index (χ0n) is 10.8. The van der Waals surface area contributed by atoms with Gasteiger partial charge in [0.15, 0.2) is 0 Å². The number of imidazole rings is 1. The Bertz CT molecular complexity index is 683. The average molecular weight is 256 g/mol. The van der Waals surface area contributed by atoms with Gasteiger partial charge in [-0.15, -0.1) is 0 Å². The van der Waals surface area contributed by atoms with Crippen molar-refractivity contribution in [3.8, 4) is 0 Å². The monoisotopic (exact) mass is 256 g/mol. The quantitative estimate of drug-likeness (QED) is 0.747. The van der Waals surface area contributed by atoms with Crippen molar-refractivity contribution in [2.75, 3.05) is 0 Å². The maximum atomic E-state index is 6.19. The molecule has 2 heterocycles. The van der Waals surface area contributed by atoms with Gasteiger partial charge in [-0.1, -0.05) is 12.1 Å². The molecule has 3 rings (SSSR count). The zero-order chi connectivity index (χ0) is 13.2. The standard InChI is InChI=1S/C13H16N6/c1-18-13(15-8-17-18)6-10(14)7-19-9-16-11-4-2-3-5-12(11)19/h2-5,8-10H,6-7,14H2,1H3. The van der Waals surface area contributed by atoms with Crippen molar-refractivity contribution in [3.05, 3.63) is 42.7 Å². The van der Waals surface area contributed by atoms with Crippen LogP contribution in [-0.4, -0.2) is 30.4 Å². The number of nitrogens with two attached hydrogens (primary N) is 1. The van der Waals surface area contributed by atoms with Gasteiger partial charge in [0.1, 0.15) is 12.2 Å². The van der Waals surface area contributed by atoms with Gasteiger partial charge in [0.25, 0.3) is 0 Å². The van der Waals surface area contributed by atoms with Gasteiger partial charge in [-0.3, -0.25) is 4.68 Å². The van der Waals surface area contributed by atoms with Gasteiger partial charge in [0.05, 0.1) is 17.4 Å². The summed E-state index contributed by atoms with van der Waals surface area (Å²) in [6.07, 6.45) is 4.08. The molecule has 0 radical (unpaired) electrons. The van der Waals surface area contributed by atoms with E-state index >= 15 is 0 Å². The van der Waals surface area contributed by atoms with Crippen molar-refractivity contribution in [2.45, 2.75) is 19.0 Å². The van der Waals surface area contributed by atoms with E-state index in [1.165, 1.54) is 0 Å². The van der Waals surface area contributed by atoms with E-state index in [0.29, 0.717) is 13.0 Å². The Morgan fingerprint density at radius 2 is 2.11 bits per heavy atom. The van der Waals surface area contributed by atoms with Crippen LogP contribution in [0.3, 0.4) is 0 Å². The van der Waals surface area contributed by atoms with Gasteiger partial charge < -0.3 is 10.3 Å². The number of para-hydroxylation sites is 2. The molecule has 0 saturated heterocycles. The Kier molecular flexibility index (Phi) is 3.00. The number of hydrogen-bond donors (Lipinski definition) is 1. The number of rotatable bonds is 4. The Hall–Kier alpha value is -2.21. The SMILES string of the molecule is Cn1ncnc1CC(N)Cn1cnc2ccccc21.